The fraction of sp³-hybridized carbons (Fsp3) is 0.250. The van der Waals surface area contributed by atoms with Gasteiger partial charge in [0.05, 0.1) is 12.2 Å². The molecule has 0 radical (unpaired) electrons. The van der Waals surface area contributed by atoms with Crippen molar-refractivity contribution in [2.75, 3.05) is 11.9 Å². The molecule has 0 saturated heterocycles. The van der Waals surface area contributed by atoms with Gasteiger partial charge in [-0.25, -0.2) is 15.8 Å². The molecule has 1 aromatic carbocycles. The molecular weight excluding hydrogens is 290 g/mol. The van der Waals surface area contributed by atoms with Gasteiger partial charge in [-0.1, -0.05) is 12.1 Å². The molecule has 120 valence electrons. The smallest absolute Gasteiger partial charge is 0.227 e. The first-order valence-electron chi connectivity index (χ1n) is 7.56. The lowest BCUT2D eigenvalue weighted by molar-refractivity contribution is 0.386. The zero-order valence-electron chi connectivity index (χ0n) is 12.9. The lowest BCUT2D eigenvalue weighted by atomic mass is 10.1. The summed E-state index contributed by atoms with van der Waals surface area (Å²) in [5.41, 5.74) is 9.63. The van der Waals surface area contributed by atoms with Crippen molar-refractivity contribution in [3.8, 4) is 0 Å². The highest BCUT2D eigenvalue weighted by molar-refractivity contribution is 5.54. The van der Waals surface area contributed by atoms with Crippen molar-refractivity contribution in [3.05, 3.63) is 59.7 Å². The van der Waals surface area contributed by atoms with Crippen molar-refractivity contribution in [3.63, 3.8) is 0 Å². The SMILES string of the molecule is N/C=C\N(N)Cc1ccc(Nc2ncc3c(n2)CNCC3)cc1. The molecule has 1 aromatic heterocycles. The first kappa shape index (κ1) is 15.3. The molecule has 0 atom stereocenters. The third-order valence-corrected chi connectivity index (χ3v) is 3.67. The molecular formula is C16H21N7. The standard InChI is InChI=1S/C16H21N7/c17-6-8-23(18)11-12-1-3-14(4-2-12)21-16-20-9-13-5-7-19-10-15(13)22-16/h1-4,6,8-9,19H,5,7,10-11,17-18H2,(H,20,21,22)/b8-6-. The third kappa shape index (κ3) is 3.97. The van der Waals surface area contributed by atoms with Gasteiger partial charge in [0.25, 0.3) is 0 Å². The molecule has 7 nitrogen and oxygen atoms in total. The van der Waals surface area contributed by atoms with E-state index < -0.39 is 0 Å². The molecule has 0 bridgehead atoms. The summed E-state index contributed by atoms with van der Waals surface area (Å²) in [6, 6.07) is 7.98. The van der Waals surface area contributed by atoms with Crippen molar-refractivity contribution in [2.45, 2.75) is 19.5 Å². The van der Waals surface area contributed by atoms with E-state index in [1.54, 1.807) is 6.20 Å². The fourth-order valence-corrected chi connectivity index (χ4v) is 2.49. The van der Waals surface area contributed by atoms with Gasteiger partial charge in [-0.05, 0) is 36.2 Å². The Hall–Kier alpha value is -2.64. The van der Waals surface area contributed by atoms with Crippen LogP contribution in [0.5, 0.6) is 0 Å². The minimum atomic E-state index is 0.592. The molecule has 7 heteroatoms. The predicted octanol–water partition coefficient (Wildman–Crippen LogP) is 0.971. The van der Waals surface area contributed by atoms with Gasteiger partial charge in [0.15, 0.2) is 0 Å². The Labute approximate surface area is 135 Å². The number of rotatable bonds is 5. The Bertz CT molecular complexity index is 681. The highest BCUT2D eigenvalue weighted by Crippen LogP contribution is 2.17. The van der Waals surface area contributed by atoms with Crippen LogP contribution >= 0.6 is 0 Å². The van der Waals surface area contributed by atoms with Gasteiger partial charge < -0.3 is 21.4 Å². The van der Waals surface area contributed by atoms with Crippen LogP contribution < -0.4 is 22.2 Å². The molecule has 2 aromatic rings. The molecule has 0 spiro atoms. The number of hydrazine groups is 1. The Morgan fingerprint density at radius 3 is 2.91 bits per heavy atom. The maximum absolute atomic E-state index is 5.77. The molecule has 0 unspecified atom stereocenters. The van der Waals surface area contributed by atoms with Gasteiger partial charge in [-0.3, -0.25) is 0 Å². The van der Waals surface area contributed by atoms with Crippen LogP contribution in [-0.4, -0.2) is 21.5 Å². The van der Waals surface area contributed by atoms with E-state index in [1.807, 2.05) is 30.5 Å². The van der Waals surface area contributed by atoms with Crippen molar-refractivity contribution < 1.29 is 0 Å². The Kier molecular flexibility index (Phi) is 4.70. The largest absolute Gasteiger partial charge is 0.403 e. The van der Waals surface area contributed by atoms with Crippen molar-refractivity contribution >= 4 is 11.6 Å². The fourth-order valence-electron chi connectivity index (χ4n) is 2.49. The number of anilines is 2. The second kappa shape index (κ2) is 7.08. The molecule has 0 amide bonds. The molecule has 23 heavy (non-hydrogen) atoms. The van der Waals surface area contributed by atoms with Crippen LogP contribution in [0.1, 0.15) is 16.8 Å². The summed E-state index contributed by atoms with van der Waals surface area (Å²) in [6.07, 6.45) is 5.93. The zero-order chi connectivity index (χ0) is 16.1. The van der Waals surface area contributed by atoms with Gasteiger partial charge in [0, 0.05) is 30.8 Å². The molecule has 0 fully saturated rings. The number of fused-ring (bicyclic) bond motifs is 1. The maximum atomic E-state index is 5.77. The highest BCUT2D eigenvalue weighted by atomic mass is 15.4. The summed E-state index contributed by atoms with van der Waals surface area (Å²) < 4.78 is 0. The van der Waals surface area contributed by atoms with Crippen LogP contribution in [0, 0.1) is 0 Å². The summed E-state index contributed by atoms with van der Waals surface area (Å²) in [7, 11) is 0. The number of hydrogen-bond acceptors (Lipinski definition) is 7. The Morgan fingerprint density at radius 1 is 1.30 bits per heavy atom. The van der Waals surface area contributed by atoms with E-state index in [2.05, 4.69) is 20.6 Å². The van der Waals surface area contributed by atoms with E-state index in [-0.39, 0.29) is 0 Å². The number of benzene rings is 1. The van der Waals surface area contributed by atoms with E-state index in [9.17, 15) is 0 Å². The van der Waals surface area contributed by atoms with Crippen LogP contribution in [0.4, 0.5) is 11.6 Å². The minimum Gasteiger partial charge on any atom is -0.403 e. The second-order valence-corrected chi connectivity index (χ2v) is 5.43. The van der Waals surface area contributed by atoms with Crippen molar-refractivity contribution in [2.24, 2.45) is 11.6 Å². The van der Waals surface area contributed by atoms with Gasteiger partial charge in [0.2, 0.25) is 5.95 Å². The average molecular weight is 311 g/mol. The van der Waals surface area contributed by atoms with Crippen LogP contribution in [0.15, 0.2) is 42.9 Å². The molecule has 3 rings (SSSR count). The van der Waals surface area contributed by atoms with Crippen molar-refractivity contribution in [1.29, 1.82) is 0 Å². The van der Waals surface area contributed by atoms with Crippen LogP contribution in [0.2, 0.25) is 0 Å². The molecule has 1 aliphatic heterocycles. The van der Waals surface area contributed by atoms with E-state index in [0.717, 1.165) is 36.5 Å². The van der Waals surface area contributed by atoms with Gasteiger partial charge in [-0.15, -0.1) is 0 Å². The average Bonchev–Trinajstić information content (AvgIpc) is 2.57. The van der Waals surface area contributed by atoms with E-state index >= 15 is 0 Å². The van der Waals surface area contributed by atoms with E-state index in [1.165, 1.54) is 16.8 Å². The minimum absolute atomic E-state index is 0.592. The topological polar surface area (TPSA) is 105 Å². The van der Waals surface area contributed by atoms with Gasteiger partial charge in [-0.2, -0.15) is 0 Å². The molecule has 0 aliphatic carbocycles. The normalized spacial score (nSPS) is 13.8. The Morgan fingerprint density at radius 2 is 2.13 bits per heavy atom. The second-order valence-electron chi connectivity index (χ2n) is 5.43. The van der Waals surface area contributed by atoms with Crippen molar-refractivity contribution in [1.82, 2.24) is 20.3 Å². The predicted molar refractivity (Wildman–Crippen MR) is 90.2 cm³/mol. The molecule has 2 heterocycles. The summed E-state index contributed by atoms with van der Waals surface area (Å²) in [5.74, 6) is 6.38. The first-order chi connectivity index (χ1) is 11.2. The van der Waals surface area contributed by atoms with Crippen LogP contribution in [-0.2, 0) is 19.5 Å². The summed E-state index contributed by atoms with van der Waals surface area (Å²) in [6.45, 7) is 2.38. The summed E-state index contributed by atoms with van der Waals surface area (Å²) in [5, 5.41) is 8.08. The number of nitrogens with one attached hydrogen (secondary N) is 2. The van der Waals surface area contributed by atoms with E-state index in [0.29, 0.717) is 12.5 Å². The number of hydrogen-bond donors (Lipinski definition) is 4. The van der Waals surface area contributed by atoms with Crippen LogP contribution in [0.3, 0.4) is 0 Å². The van der Waals surface area contributed by atoms with Crippen LogP contribution in [0.25, 0.3) is 0 Å². The number of nitrogens with zero attached hydrogens (tertiary/aromatic N) is 3. The summed E-state index contributed by atoms with van der Waals surface area (Å²) in [4.78, 5) is 8.95. The van der Waals surface area contributed by atoms with Gasteiger partial charge >= 0.3 is 0 Å². The van der Waals surface area contributed by atoms with Gasteiger partial charge in [0.1, 0.15) is 0 Å². The number of nitrogens with two attached hydrogens (primary N) is 2. The molecule has 1 aliphatic rings. The lowest BCUT2D eigenvalue weighted by Crippen LogP contribution is -2.25. The third-order valence-electron chi connectivity index (χ3n) is 3.67. The Balaban J connectivity index is 1.66. The maximum Gasteiger partial charge on any atom is 0.227 e. The monoisotopic (exact) mass is 311 g/mol. The zero-order valence-corrected chi connectivity index (χ0v) is 12.9. The molecule has 6 N–H and O–H groups in total. The summed E-state index contributed by atoms with van der Waals surface area (Å²) >= 11 is 0. The van der Waals surface area contributed by atoms with E-state index in [4.69, 9.17) is 11.6 Å². The molecule has 0 saturated carbocycles. The number of aromatic nitrogens is 2. The quantitative estimate of drug-likeness (QED) is 0.482. The highest BCUT2D eigenvalue weighted by Gasteiger charge is 2.11. The lowest BCUT2D eigenvalue weighted by Gasteiger charge is -2.16. The first-order valence-corrected chi connectivity index (χ1v) is 7.56.